The number of nitrogens with zero attached hydrogens (tertiary/aromatic N) is 2. The van der Waals surface area contributed by atoms with Crippen LogP contribution in [0.3, 0.4) is 0 Å². The molecule has 0 bridgehead atoms. The number of aromatic nitrogens is 2. The van der Waals surface area contributed by atoms with E-state index in [-0.39, 0.29) is 10.8 Å². The Morgan fingerprint density at radius 3 is 2.68 bits per heavy atom. The molecule has 22 heavy (non-hydrogen) atoms. The number of aryl methyl sites for hydroxylation is 1. The van der Waals surface area contributed by atoms with E-state index in [2.05, 4.69) is 10.9 Å². The summed E-state index contributed by atoms with van der Waals surface area (Å²) in [5.74, 6) is -1.47. The Labute approximate surface area is 130 Å². The minimum absolute atomic E-state index is 0.0797. The fourth-order valence-corrected chi connectivity index (χ4v) is 1.97. The summed E-state index contributed by atoms with van der Waals surface area (Å²) in [5.41, 5.74) is -1.10. The molecule has 1 heterocycles. The number of hydrogen-bond donors (Lipinski definition) is 0. The number of hydrogen-bond acceptors (Lipinski definition) is 3. The van der Waals surface area contributed by atoms with Gasteiger partial charge in [0.1, 0.15) is 5.75 Å². The first-order chi connectivity index (χ1) is 10.2. The summed E-state index contributed by atoms with van der Waals surface area (Å²) in [6.45, 7) is 0.631. The average molecular weight is 325 g/mol. The second-order valence-corrected chi connectivity index (χ2v) is 5.09. The predicted molar refractivity (Wildman–Crippen MR) is 78.5 cm³/mol. The van der Waals surface area contributed by atoms with Crippen LogP contribution in [0.1, 0.15) is 18.2 Å². The van der Waals surface area contributed by atoms with Crippen LogP contribution in [0.4, 0.5) is 8.78 Å². The van der Waals surface area contributed by atoms with Crippen molar-refractivity contribution in [3.05, 3.63) is 51.2 Å². The number of ether oxygens (including phenoxy) is 1. The monoisotopic (exact) mass is 324 g/mol. The molecule has 0 saturated carbocycles. The van der Waals surface area contributed by atoms with Crippen LogP contribution in [-0.2, 0) is 13.0 Å². The van der Waals surface area contributed by atoms with E-state index in [1.165, 1.54) is 25.2 Å². The minimum atomic E-state index is -3.34. The predicted octanol–water partition coefficient (Wildman–Crippen LogP) is 3.32. The molecule has 0 atom stereocenters. The number of rotatable bonds is 3. The highest BCUT2D eigenvalue weighted by Gasteiger charge is 2.33. The van der Waals surface area contributed by atoms with Crippen LogP contribution in [0, 0.1) is 12.3 Å². The van der Waals surface area contributed by atoms with Crippen LogP contribution < -0.4 is 10.3 Å². The molecule has 2 rings (SSSR count). The molecule has 0 spiro atoms. The van der Waals surface area contributed by atoms with Crippen LogP contribution in [0.25, 0.3) is 0 Å². The molecule has 0 unspecified atom stereocenters. The molecule has 7 heteroatoms. The van der Waals surface area contributed by atoms with Crippen molar-refractivity contribution >= 4 is 11.6 Å². The van der Waals surface area contributed by atoms with Crippen LogP contribution in [-0.4, -0.2) is 9.55 Å². The standard InChI is InChI=1S/C15H11ClF2N2O2/c1-4-9-5-10(16)7-11(6-9)22-12-13(15(2,17)18)19-8-20(3)14(12)21/h1,5-8H,2-3H3. The lowest BCUT2D eigenvalue weighted by molar-refractivity contribution is 0.0101. The van der Waals surface area contributed by atoms with E-state index in [9.17, 15) is 13.6 Å². The molecule has 0 aliphatic carbocycles. The van der Waals surface area contributed by atoms with E-state index in [1.807, 2.05) is 0 Å². The third-order valence-electron chi connectivity index (χ3n) is 2.76. The fourth-order valence-electron chi connectivity index (χ4n) is 1.74. The van der Waals surface area contributed by atoms with Gasteiger partial charge in [0.15, 0.2) is 5.69 Å². The normalized spacial score (nSPS) is 11.1. The van der Waals surface area contributed by atoms with Crippen LogP contribution in [0.2, 0.25) is 5.02 Å². The highest BCUT2D eigenvalue weighted by molar-refractivity contribution is 6.30. The number of benzene rings is 1. The number of terminal acetylenes is 1. The van der Waals surface area contributed by atoms with Gasteiger partial charge in [0.25, 0.3) is 11.5 Å². The van der Waals surface area contributed by atoms with E-state index >= 15 is 0 Å². The minimum Gasteiger partial charge on any atom is -0.449 e. The van der Waals surface area contributed by atoms with Gasteiger partial charge < -0.3 is 4.74 Å². The SMILES string of the molecule is C#Cc1cc(Cl)cc(Oc2c(C(C)(F)F)ncn(C)c2=O)c1. The van der Waals surface area contributed by atoms with Crippen molar-refractivity contribution < 1.29 is 13.5 Å². The van der Waals surface area contributed by atoms with Gasteiger partial charge in [0.2, 0.25) is 5.75 Å². The van der Waals surface area contributed by atoms with Crippen LogP contribution >= 0.6 is 11.6 Å². The molecule has 1 aromatic carbocycles. The van der Waals surface area contributed by atoms with Crippen molar-refractivity contribution in [1.29, 1.82) is 0 Å². The van der Waals surface area contributed by atoms with E-state index in [0.29, 0.717) is 12.5 Å². The summed E-state index contributed by atoms with van der Waals surface area (Å²) in [7, 11) is 1.38. The largest absolute Gasteiger partial charge is 0.449 e. The fraction of sp³-hybridized carbons (Fsp3) is 0.200. The topological polar surface area (TPSA) is 44.1 Å². The Morgan fingerprint density at radius 1 is 1.41 bits per heavy atom. The Morgan fingerprint density at radius 2 is 2.09 bits per heavy atom. The molecule has 0 aliphatic heterocycles. The molecule has 0 aliphatic rings. The summed E-state index contributed by atoms with van der Waals surface area (Å²) in [5, 5.41) is 0.260. The third kappa shape index (κ3) is 3.26. The molecule has 2 aromatic rings. The van der Waals surface area contributed by atoms with Crippen molar-refractivity contribution in [2.45, 2.75) is 12.8 Å². The van der Waals surface area contributed by atoms with Gasteiger partial charge in [0, 0.05) is 24.6 Å². The molecule has 0 radical (unpaired) electrons. The first kappa shape index (κ1) is 16.0. The second kappa shape index (κ2) is 5.78. The Balaban J connectivity index is 2.59. The first-order valence-corrected chi connectivity index (χ1v) is 6.49. The molecular formula is C15H11ClF2N2O2. The highest BCUT2D eigenvalue weighted by atomic mass is 35.5. The maximum atomic E-state index is 13.6. The zero-order chi connectivity index (χ0) is 16.5. The Kier molecular flexibility index (Phi) is 4.20. The van der Waals surface area contributed by atoms with Gasteiger partial charge in [0.05, 0.1) is 6.33 Å². The first-order valence-electron chi connectivity index (χ1n) is 6.11. The zero-order valence-electron chi connectivity index (χ0n) is 11.7. The van der Waals surface area contributed by atoms with Gasteiger partial charge in [-0.3, -0.25) is 9.36 Å². The van der Waals surface area contributed by atoms with Crippen molar-refractivity contribution in [1.82, 2.24) is 9.55 Å². The lowest BCUT2D eigenvalue weighted by Gasteiger charge is -2.15. The smallest absolute Gasteiger partial charge is 0.296 e. The average Bonchev–Trinajstić information content (AvgIpc) is 2.42. The maximum absolute atomic E-state index is 13.6. The van der Waals surface area contributed by atoms with Crippen LogP contribution in [0.15, 0.2) is 29.3 Å². The third-order valence-corrected chi connectivity index (χ3v) is 2.98. The van der Waals surface area contributed by atoms with Crippen molar-refractivity contribution in [3.8, 4) is 23.8 Å². The van der Waals surface area contributed by atoms with Gasteiger partial charge in [-0.1, -0.05) is 17.5 Å². The zero-order valence-corrected chi connectivity index (χ0v) is 12.5. The summed E-state index contributed by atoms with van der Waals surface area (Å²) in [6, 6.07) is 4.29. The van der Waals surface area contributed by atoms with E-state index in [4.69, 9.17) is 22.8 Å². The molecule has 0 fully saturated rings. The number of halogens is 3. The van der Waals surface area contributed by atoms with Gasteiger partial charge in [-0.05, 0) is 18.2 Å². The van der Waals surface area contributed by atoms with Gasteiger partial charge in [-0.15, -0.1) is 6.42 Å². The lowest BCUT2D eigenvalue weighted by atomic mass is 10.2. The lowest BCUT2D eigenvalue weighted by Crippen LogP contribution is -2.24. The summed E-state index contributed by atoms with van der Waals surface area (Å²) >= 11 is 5.87. The quantitative estimate of drug-likeness (QED) is 0.814. The molecule has 0 N–H and O–H groups in total. The van der Waals surface area contributed by atoms with E-state index in [0.717, 1.165) is 10.9 Å². The van der Waals surface area contributed by atoms with Crippen molar-refractivity contribution in [3.63, 3.8) is 0 Å². The summed E-state index contributed by atoms with van der Waals surface area (Å²) in [6.07, 6.45) is 6.28. The van der Waals surface area contributed by atoms with E-state index < -0.39 is 22.9 Å². The Bertz CT molecular complexity index is 820. The summed E-state index contributed by atoms with van der Waals surface area (Å²) < 4.78 is 33.6. The van der Waals surface area contributed by atoms with E-state index in [1.54, 1.807) is 0 Å². The summed E-state index contributed by atoms with van der Waals surface area (Å²) in [4.78, 5) is 15.7. The molecule has 1 aromatic heterocycles. The molecular weight excluding hydrogens is 314 g/mol. The van der Waals surface area contributed by atoms with Gasteiger partial charge in [-0.2, -0.15) is 8.78 Å². The van der Waals surface area contributed by atoms with Crippen molar-refractivity contribution in [2.75, 3.05) is 0 Å². The number of alkyl halides is 2. The molecule has 114 valence electrons. The molecule has 4 nitrogen and oxygen atoms in total. The van der Waals surface area contributed by atoms with Gasteiger partial charge >= 0.3 is 0 Å². The maximum Gasteiger partial charge on any atom is 0.296 e. The van der Waals surface area contributed by atoms with Gasteiger partial charge in [-0.25, -0.2) is 4.98 Å². The second-order valence-electron chi connectivity index (χ2n) is 4.65. The molecule has 0 amide bonds. The van der Waals surface area contributed by atoms with Crippen molar-refractivity contribution in [2.24, 2.45) is 7.05 Å². The molecule has 0 saturated heterocycles. The van der Waals surface area contributed by atoms with Crippen LogP contribution in [0.5, 0.6) is 11.5 Å². The Hall–Kier alpha value is -2.39. The highest BCUT2D eigenvalue weighted by Crippen LogP contribution is 2.33.